The summed E-state index contributed by atoms with van der Waals surface area (Å²) in [6.07, 6.45) is 0. The fourth-order valence-corrected chi connectivity index (χ4v) is 0. The van der Waals surface area contributed by atoms with Crippen LogP contribution in [0.1, 0.15) is 0 Å². The van der Waals surface area contributed by atoms with Gasteiger partial charge >= 0.3 is 55.8 Å². The minimum Gasteiger partial charge on any atom is -0.828 e. The predicted molar refractivity (Wildman–Crippen MR) is 17.8 cm³/mol. The standard InChI is InChI=1S/Na.H3O4P.H2O4Si.Zr/c;2*1-5(2,3)4;/h;(H3,1,2,3,4);1-2H;/q+1;;-2;+4/p-3. The van der Waals surface area contributed by atoms with Crippen molar-refractivity contribution < 1.29 is 94.2 Å². The topological polar surface area (TPSA) is 173 Å². The summed E-state index contributed by atoms with van der Waals surface area (Å²) >= 11 is 0. The second-order valence-corrected chi connectivity index (χ2v) is 2.99. The Kier molecular flexibility index (Phi) is 19.0. The predicted octanol–water partition coefficient (Wildman–Crippen LogP) is -9.70. The van der Waals surface area contributed by atoms with Crippen molar-refractivity contribution in [1.29, 1.82) is 0 Å². The van der Waals surface area contributed by atoms with E-state index >= 15 is 0 Å². The number of hydrogen-bond acceptors (Lipinski definition) is 8. The van der Waals surface area contributed by atoms with E-state index in [1.54, 1.807) is 0 Å². The fraction of sp³-hybridized carbons (Fsp3) is 0. The van der Waals surface area contributed by atoms with Crippen LogP contribution in [-0.4, -0.2) is 18.6 Å². The van der Waals surface area contributed by atoms with Crippen molar-refractivity contribution in [2.75, 3.05) is 0 Å². The van der Waals surface area contributed by atoms with Crippen LogP contribution in [0.3, 0.4) is 0 Å². The summed E-state index contributed by atoms with van der Waals surface area (Å²) in [5, 5.41) is 0. The molecule has 0 fully saturated rings. The summed E-state index contributed by atoms with van der Waals surface area (Å²) in [7, 11) is -10.5. The Morgan fingerprint density at radius 1 is 1.08 bits per heavy atom. The van der Waals surface area contributed by atoms with Crippen LogP contribution in [0.25, 0.3) is 0 Å². The molecule has 2 N–H and O–H groups in total. The summed E-state index contributed by atoms with van der Waals surface area (Å²) in [6.45, 7) is 0. The minimum absolute atomic E-state index is 0. The molecule has 12 heavy (non-hydrogen) atoms. The molecule has 0 aliphatic rings. The maximum Gasteiger partial charge on any atom is 4.00 e. The average molecular weight is 303 g/mol. The van der Waals surface area contributed by atoms with Crippen molar-refractivity contribution in [2.24, 2.45) is 0 Å². The normalized spacial score (nSPS) is 9.92. The van der Waals surface area contributed by atoms with Crippen molar-refractivity contribution in [3.63, 3.8) is 0 Å². The molecule has 0 aromatic carbocycles. The van der Waals surface area contributed by atoms with E-state index in [1.807, 2.05) is 0 Å². The van der Waals surface area contributed by atoms with E-state index in [2.05, 4.69) is 0 Å². The van der Waals surface area contributed by atoms with Gasteiger partial charge in [-0.15, -0.1) is 0 Å². The van der Waals surface area contributed by atoms with E-state index in [0.29, 0.717) is 0 Å². The first-order valence-electron chi connectivity index (χ1n) is 1.59. The molecule has 0 aromatic rings. The molecule has 0 saturated heterocycles. The number of phosphoric acid groups is 1. The Labute approximate surface area is 110 Å². The first kappa shape index (κ1) is 23.7. The third kappa shape index (κ3) is 350. The van der Waals surface area contributed by atoms with E-state index in [9.17, 15) is 0 Å². The van der Waals surface area contributed by atoms with Gasteiger partial charge in [0.05, 0.1) is 0 Å². The molecule has 0 amide bonds. The van der Waals surface area contributed by atoms with Crippen molar-refractivity contribution in [3.8, 4) is 0 Å². The average Bonchev–Trinajstić information content (AvgIpc) is 1.12. The van der Waals surface area contributed by atoms with Crippen LogP contribution in [-0.2, 0) is 30.8 Å². The first-order chi connectivity index (χ1) is 4.00. The molecule has 0 saturated carbocycles. The summed E-state index contributed by atoms with van der Waals surface area (Å²) < 4.78 is 8.55. The summed E-state index contributed by atoms with van der Waals surface area (Å²) in [5.41, 5.74) is 0. The molecular formula is H2NaO8PSiZr. The second kappa shape index (κ2) is 9.60. The quantitative estimate of drug-likeness (QED) is 0.327. The van der Waals surface area contributed by atoms with Gasteiger partial charge in [-0.3, -0.25) is 0 Å². The smallest absolute Gasteiger partial charge is 0.828 e. The molecule has 0 bridgehead atoms. The molecule has 0 rings (SSSR count). The molecule has 0 aromatic heterocycles. The van der Waals surface area contributed by atoms with E-state index < -0.39 is 16.9 Å². The Morgan fingerprint density at radius 2 is 1.08 bits per heavy atom. The molecule has 0 aliphatic carbocycles. The Hall–Kier alpha value is 2.05. The Balaban J connectivity index is -0.0000000457. The van der Waals surface area contributed by atoms with Gasteiger partial charge in [-0.2, -0.15) is 7.82 Å². The van der Waals surface area contributed by atoms with Gasteiger partial charge < -0.3 is 38.4 Å². The van der Waals surface area contributed by atoms with Gasteiger partial charge in [0.1, 0.15) is 9.05 Å². The van der Waals surface area contributed by atoms with Crippen molar-refractivity contribution in [1.82, 2.24) is 0 Å². The van der Waals surface area contributed by atoms with Crippen LogP contribution < -0.4 is 53.8 Å². The molecule has 0 unspecified atom stereocenters. The van der Waals surface area contributed by atoms with Gasteiger partial charge in [0, 0.05) is 0 Å². The van der Waals surface area contributed by atoms with Crippen LogP contribution in [0.2, 0.25) is 0 Å². The van der Waals surface area contributed by atoms with Crippen LogP contribution >= 0.6 is 7.82 Å². The van der Waals surface area contributed by atoms with Crippen LogP contribution in [0.4, 0.5) is 0 Å². The largest absolute Gasteiger partial charge is 4.00 e. The van der Waals surface area contributed by atoms with E-state index in [1.165, 1.54) is 0 Å². The maximum atomic E-state index is 8.80. The van der Waals surface area contributed by atoms with E-state index in [-0.39, 0.29) is 55.8 Å². The summed E-state index contributed by atoms with van der Waals surface area (Å²) in [6, 6.07) is 0. The fourth-order valence-electron chi connectivity index (χ4n) is 0. The zero-order valence-electron chi connectivity index (χ0n) is 5.79. The Bertz CT molecular complexity index is 111. The van der Waals surface area contributed by atoms with Gasteiger partial charge in [-0.25, -0.2) is 0 Å². The third-order valence-electron chi connectivity index (χ3n) is 0. The second-order valence-electron chi connectivity index (χ2n) is 0.996. The van der Waals surface area contributed by atoms with Crippen LogP contribution in [0.15, 0.2) is 0 Å². The number of rotatable bonds is 0. The SMILES string of the molecule is O=P([O-])([O-])[O-].[Na+].[O-][Si]([O-])(O)O.[Zr+4]. The first-order valence-corrected chi connectivity index (χ1v) is 4.76. The molecule has 0 spiro atoms. The van der Waals surface area contributed by atoms with Crippen molar-refractivity contribution in [2.45, 2.75) is 0 Å². The molecular weight excluding hydrogens is 301 g/mol. The third-order valence-corrected chi connectivity index (χ3v) is 0. The molecule has 0 atom stereocenters. The van der Waals surface area contributed by atoms with Gasteiger partial charge in [0.15, 0.2) is 0 Å². The molecule has 64 valence electrons. The zero-order valence-corrected chi connectivity index (χ0v) is 12.1. The van der Waals surface area contributed by atoms with Crippen molar-refractivity contribution >= 4 is 16.9 Å². The van der Waals surface area contributed by atoms with Gasteiger partial charge in [0.2, 0.25) is 0 Å². The van der Waals surface area contributed by atoms with E-state index in [0.717, 1.165) is 0 Å². The van der Waals surface area contributed by atoms with Crippen LogP contribution in [0, 0.1) is 0 Å². The molecule has 0 radical (unpaired) electrons. The van der Waals surface area contributed by atoms with Crippen LogP contribution in [0.5, 0.6) is 0 Å². The van der Waals surface area contributed by atoms with E-state index in [4.69, 9.17) is 38.4 Å². The zero-order chi connectivity index (χ0) is 9.00. The monoisotopic (exact) mass is 302 g/mol. The van der Waals surface area contributed by atoms with Crippen molar-refractivity contribution in [3.05, 3.63) is 0 Å². The molecule has 12 heteroatoms. The minimum atomic E-state index is -5.39. The van der Waals surface area contributed by atoms with Gasteiger partial charge in [-0.1, -0.05) is 0 Å². The Morgan fingerprint density at radius 3 is 1.08 bits per heavy atom. The molecule has 8 nitrogen and oxygen atoms in total. The number of hydrogen-bond donors (Lipinski definition) is 2. The summed E-state index contributed by atoms with van der Waals surface area (Å²) in [5.74, 6) is 0. The van der Waals surface area contributed by atoms with Gasteiger partial charge in [-0.05, 0) is 0 Å². The maximum absolute atomic E-state index is 8.80. The summed E-state index contributed by atoms with van der Waals surface area (Å²) in [4.78, 5) is 57.5. The van der Waals surface area contributed by atoms with Gasteiger partial charge in [0.25, 0.3) is 0 Å². The molecule has 0 heterocycles. The molecule has 0 aliphatic heterocycles.